The summed E-state index contributed by atoms with van der Waals surface area (Å²) in [7, 11) is 0. The molecule has 1 rings (SSSR count). The molecule has 0 atom stereocenters. The number of aryl methyl sites for hydroxylation is 1. The molecular weight excluding hydrogens is 216 g/mol. The zero-order chi connectivity index (χ0) is 13.1. The molecule has 0 bridgehead atoms. The van der Waals surface area contributed by atoms with Crippen molar-refractivity contribution < 1.29 is 9.59 Å². The predicted molar refractivity (Wildman–Crippen MR) is 66.2 cm³/mol. The fraction of sp³-hybridized carbons (Fsp3) is 0.385. The first-order valence-corrected chi connectivity index (χ1v) is 5.48. The Hall–Kier alpha value is -1.84. The maximum absolute atomic E-state index is 11.7. The molecule has 4 heteroatoms. The van der Waals surface area contributed by atoms with E-state index < -0.39 is 5.41 Å². The zero-order valence-corrected chi connectivity index (χ0v) is 10.6. The van der Waals surface area contributed by atoms with Gasteiger partial charge in [0.1, 0.15) is 0 Å². The lowest BCUT2D eigenvalue weighted by Crippen LogP contribution is -2.46. The largest absolute Gasteiger partial charge is 0.273 e. The van der Waals surface area contributed by atoms with Crippen LogP contribution < -0.4 is 10.9 Å². The molecule has 0 aliphatic rings. The van der Waals surface area contributed by atoms with E-state index in [9.17, 15) is 9.59 Å². The molecule has 0 aliphatic carbocycles. The summed E-state index contributed by atoms with van der Waals surface area (Å²) in [4.78, 5) is 23.2. The zero-order valence-electron chi connectivity index (χ0n) is 10.6. The van der Waals surface area contributed by atoms with E-state index in [2.05, 4.69) is 10.9 Å². The maximum atomic E-state index is 11.7. The van der Waals surface area contributed by atoms with Gasteiger partial charge in [-0.3, -0.25) is 20.4 Å². The lowest BCUT2D eigenvalue weighted by atomic mass is 9.96. The molecule has 0 aromatic heterocycles. The minimum Gasteiger partial charge on any atom is -0.273 e. The SMILES string of the molecule is Cc1ccc(C(=O)NNC(=O)C(C)(C)C)cc1. The molecule has 0 saturated carbocycles. The van der Waals surface area contributed by atoms with Gasteiger partial charge in [0.05, 0.1) is 0 Å². The fourth-order valence-electron chi connectivity index (χ4n) is 1.08. The van der Waals surface area contributed by atoms with Gasteiger partial charge in [-0.2, -0.15) is 0 Å². The second kappa shape index (κ2) is 4.99. The topological polar surface area (TPSA) is 58.2 Å². The Bertz CT molecular complexity index is 416. The van der Waals surface area contributed by atoms with Crippen molar-refractivity contribution in [2.45, 2.75) is 27.7 Å². The summed E-state index contributed by atoms with van der Waals surface area (Å²) in [6.45, 7) is 7.28. The van der Waals surface area contributed by atoms with Gasteiger partial charge in [0, 0.05) is 11.0 Å². The van der Waals surface area contributed by atoms with Gasteiger partial charge in [-0.1, -0.05) is 38.5 Å². The van der Waals surface area contributed by atoms with Gasteiger partial charge in [0.2, 0.25) is 5.91 Å². The van der Waals surface area contributed by atoms with E-state index in [0.717, 1.165) is 5.56 Å². The molecule has 1 aromatic rings. The molecule has 0 aliphatic heterocycles. The number of carbonyl (C=O) groups is 2. The van der Waals surface area contributed by atoms with Crippen molar-refractivity contribution in [1.82, 2.24) is 10.9 Å². The Kier molecular flexibility index (Phi) is 3.89. The van der Waals surface area contributed by atoms with Gasteiger partial charge in [-0.15, -0.1) is 0 Å². The second-order valence-corrected chi connectivity index (χ2v) is 5.02. The van der Waals surface area contributed by atoms with E-state index in [1.165, 1.54) is 0 Å². The third-order valence-electron chi connectivity index (χ3n) is 2.28. The van der Waals surface area contributed by atoms with Crippen molar-refractivity contribution in [1.29, 1.82) is 0 Å². The summed E-state index contributed by atoms with van der Waals surface area (Å²) in [6, 6.07) is 7.13. The minimum absolute atomic E-state index is 0.224. The van der Waals surface area contributed by atoms with Crippen molar-refractivity contribution in [2.75, 3.05) is 0 Å². The summed E-state index contributed by atoms with van der Waals surface area (Å²) in [6.07, 6.45) is 0. The monoisotopic (exact) mass is 234 g/mol. The van der Waals surface area contributed by atoms with Crippen LogP contribution in [0.15, 0.2) is 24.3 Å². The molecule has 0 heterocycles. The van der Waals surface area contributed by atoms with Gasteiger partial charge in [-0.05, 0) is 19.1 Å². The second-order valence-electron chi connectivity index (χ2n) is 5.02. The minimum atomic E-state index is -0.527. The smallest absolute Gasteiger partial charge is 0.269 e. The van der Waals surface area contributed by atoms with Crippen molar-refractivity contribution in [3.8, 4) is 0 Å². The summed E-state index contributed by atoms with van der Waals surface area (Å²) >= 11 is 0. The molecule has 0 unspecified atom stereocenters. The highest BCUT2D eigenvalue weighted by Gasteiger charge is 2.21. The molecule has 17 heavy (non-hydrogen) atoms. The van der Waals surface area contributed by atoms with E-state index in [4.69, 9.17) is 0 Å². The number of hydrogen-bond donors (Lipinski definition) is 2. The van der Waals surface area contributed by atoms with Crippen molar-refractivity contribution in [3.63, 3.8) is 0 Å². The van der Waals surface area contributed by atoms with Crippen LogP contribution in [0.3, 0.4) is 0 Å². The first kappa shape index (κ1) is 13.2. The van der Waals surface area contributed by atoms with Crippen LogP contribution in [-0.2, 0) is 4.79 Å². The Morgan fingerprint density at radius 2 is 1.53 bits per heavy atom. The molecule has 0 saturated heterocycles. The van der Waals surface area contributed by atoms with Crippen LogP contribution in [0.5, 0.6) is 0 Å². The number of benzene rings is 1. The van der Waals surface area contributed by atoms with Crippen LogP contribution >= 0.6 is 0 Å². The highest BCUT2D eigenvalue weighted by molar-refractivity contribution is 5.95. The summed E-state index contributed by atoms with van der Waals surface area (Å²) in [5.41, 5.74) is 5.86. The summed E-state index contributed by atoms with van der Waals surface area (Å²) in [5.74, 6) is -0.541. The molecular formula is C13H18N2O2. The van der Waals surface area contributed by atoms with Crippen LogP contribution in [0, 0.1) is 12.3 Å². The number of nitrogens with one attached hydrogen (secondary N) is 2. The van der Waals surface area contributed by atoms with Gasteiger partial charge < -0.3 is 0 Å². The van der Waals surface area contributed by atoms with Crippen molar-refractivity contribution >= 4 is 11.8 Å². The van der Waals surface area contributed by atoms with Crippen molar-refractivity contribution in [3.05, 3.63) is 35.4 Å². The number of amides is 2. The Morgan fingerprint density at radius 3 is 2.00 bits per heavy atom. The molecule has 2 N–H and O–H groups in total. The standard InChI is InChI=1S/C13H18N2O2/c1-9-5-7-10(8-6-9)11(16)14-15-12(17)13(2,3)4/h5-8H,1-4H3,(H,14,16)(H,15,17). The third-order valence-corrected chi connectivity index (χ3v) is 2.28. The number of rotatable bonds is 1. The molecule has 2 amide bonds. The Balaban J connectivity index is 2.56. The van der Waals surface area contributed by atoms with E-state index in [1.54, 1.807) is 32.9 Å². The molecule has 0 radical (unpaired) electrons. The molecule has 0 fully saturated rings. The predicted octanol–water partition coefficient (Wildman–Crippen LogP) is 1.80. The molecule has 4 nitrogen and oxygen atoms in total. The van der Waals surface area contributed by atoms with E-state index in [0.29, 0.717) is 5.56 Å². The lowest BCUT2D eigenvalue weighted by Gasteiger charge is -2.17. The van der Waals surface area contributed by atoms with Crippen LogP contribution in [0.1, 0.15) is 36.7 Å². The Labute approximate surface area is 101 Å². The highest BCUT2D eigenvalue weighted by atomic mass is 16.2. The summed E-state index contributed by atoms with van der Waals surface area (Å²) in [5, 5.41) is 0. The first-order chi connectivity index (χ1) is 7.80. The van der Waals surface area contributed by atoms with Crippen molar-refractivity contribution in [2.24, 2.45) is 5.41 Å². The fourth-order valence-corrected chi connectivity index (χ4v) is 1.08. The van der Waals surface area contributed by atoms with Crippen LogP contribution in [-0.4, -0.2) is 11.8 Å². The lowest BCUT2D eigenvalue weighted by molar-refractivity contribution is -0.129. The highest BCUT2D eigenvalue weighted by Crippen LogP contribution is 2.11. The first-order valence-electron chi connectivity index (χ1n) is 5.48. The average molecular weight is 234 g/mol. The molecule has 0 spiro atoms. The Morgan fingerprint density at radius 1 is 1.00 bits per heavy atom. The number of carbonyl (C=O) groups excluding carboxylic acids is 2. The quantitative estimate of drug-likeness (QED) is 0.728. The number of hydrazine groups is 1. The number of hydrogen-bond acceptors (Lipinski definition) is 2. The van der Waals surface area contributed by atoms with Gasteiger partial charge in [0.25, 0.3) is 5.91 Å². The van der Waals surface area contributed by atoms with Crippen LogP contribution in [0.2, 0.25) is 0 Å². The van der Waals surface area contributed by atoms with E-state index in [-0.39, 0.29) is 11.8 Å². The van der Waals surface area contributed by atoms with Gasteiger partial charge >= 0.3 is 0 Å². The van der Waals surface area contributed by atoms with Gasteiger partial charge in [-0.25, -0.2) is 0 Å². The molecule has 92 valence electrons. The average Bonchev–Trinajstić information content (AvgIpc) is 2.25. The normalized spacial score (nSPS) is 10.8. The summed E-state index contributed by atoms with van der Waals surface area (Å²) < 4.78 is 0. The van der Waals surface area contributed by atoms with E-state index in [1.807, 2.05) is 19.1 Å². The molecule has 1 aromatic carbocycles. The van der Waals surface area contributed by atoms with Gasteiger partial charge in [0.15, 0.2) is 0 Å². The van der Waals surface area contributed by atoms with Crippen LogP contribution in [0.4, 0.5) is 0 Å². The third kappa shape index (κ3) is 3.90. The maximum Gasteiger partial charge on any atom is 0.269 e. The van der Waals surface area contributed by atoms with Crippen LogP contribution in [0.25, 0.3) is 0 Å². The van der Waals surface area contributed by atoms with E-state index >= 15 is 0 Å².